The highest BCUT2D eigenvalue weighted by molar-refractivity contribution is 5.41. The molecule has 0 amide bonds. The van der Waals surface area contributed by atoms with Crippen LogP contribution in [0, 0.1) is 0 Å². The molecule has 4 rings (SSSR count). The zero-order chi connectivity index (χ0) is 18.8. The Bertz CT molecular complexity index is 914. The van der Waals surface area contributed by atoms with Crippen LogP contribution in [-0.2, 0) is 0 Å². The number of ether oxygens (including phenoxy) is 2. The van der Waals surface area contributed by atoms with E-state index in [9.17, 15) is 8.78 Å². The zero-order valence-electron chi connectivity index (χ0n) is 14.5. The van der Waals surface area contributed by atoms with Gasteiger partial charge in [0.15, 0.2) is 0 Å². The van der Waals surface area contributed by atoms with Gasteiger partial charge in [0.25, 0.3) is 0 Å². The second-order valence-electron chi connectivity index (χ2n) is 6.20. The van der Waals surface area contributed by atoms with Crippen molar-refractivity contribution in [3.63, 3.8) is 0 Å². The molecule has 0 saturated carbocycles. The van der Waals surface area contributed by atoms with E-state index in [4.69, 9.17) is 4.74 Å². The number of methoxy groups -OCH3 is 1. The third kappa shape index (κ3) is 3.55. The molecule has 0 unspecified atom stereocenters. The van der Waals surface area contributed by atoms with Gasteiger partial charge in [0.2, 0.25) is 5.95 Å². The van der Waals surface area contributed by atoms with Gasteiger partial charge in [-0.2, -0.15) is 18.9 Å². The molecule has 0 fully saturated rings. The van der Waals surface area contributed by atoms with Crippen LogP contribution in [0.1, 0.15) is 29.6 Å². The molecule has 2 heterocycles. The van der Waals surface area contributed by atoms with Gasteiger partial charge in [-0.3, -0.25) is 0 Å². The van der Waals surface area contributed by atoms with Gasteiger partial charge in [-0.15, -0.1) is 0 Å². The number of hydrogen-bond donors (Lipinski definition) is 1. The summed E-state index contributed by atoms with van der Waals surface area (Å²) < 4.78 is 36.3. The van der Waals surface area contributed by atoms with E-state index in [1.54, 1.807) is 36.1 Å². The third-order valence-corrected chi connectivity index (χ3v) is 4.62. The van der Waals surface area contributed by atoms with E-state index < -0.39 is 6.61 Å². The summed E-state index contributed by atoms with van der Waals surface area (Å²) in [6, 6.07) is 14.4. The number of fused-ring (bicyclic) bond motifs is 1. The standard InChI is InChI=1S/C19H18F2N4O2/c1-26-15-4-2-3-13(9-15)16-10-17(25-19(24-16)22-11-23-25)12-5-7-14(8-6-12)27-18(20)21/h2-9,11,16-18H,10H2,1H3,(H,22,23,24)/t16-,17-/m1/s1. The summed E-state index contributed by atoms with van der Waals surface area (Å²) in [5.41, 5.74) is 2.02. The van der Waals surface area contributed by atoms with Crippen LogP contribution >= 0.6 is 0 Å². The second-order valence-corrected chi connectivity index (χ2v) is 6.20. The first kappa shape index (κ1) is 17.3. The lowest BCUT2D eigenvalue weighted by atomic mass is 9.93. The first-order valence-electron chi connectivity index (χ1n) is 8.49. The number of nitrogens with one attached hydrogen (secondary N) is 1. The maximum atomic E-state index is 12.4. The van der Waals surface area contributed by atoms with Gasteiger partial charge in [0.05, 0.1) is 19.2 Å². The summed E-state index contributed by atoms with van der Waals surface area (Å²) in [5.74, 6) is 1.57. The maximum absolute atomic E-state index is 12.4. The molecule has 1 aliphatic rings. The Labute approximate surface area is 154 Å². The molecular formula is C19H18F2N4O2. The van der Waals surface area contributed by atoms with Crippen molar-refractivity contribution in [1.29, 1.82) is 0 Å². The highest BCUT2D eigenvalue weighted by Gasteiger charge is 2.30. The molecule has 3 aromatic rings. The predicted molar refractivity (Wildman–Crippen MR) is 95.2 cm³/mol. The van der Waals surface area contributed by atoms with Crippen molar-refractivity contribution in [1.82, 2.24) is 14.8 Å². The summed E-state index contributed by atoms with van der Waals surface area (Å²) in [4.78, 5) is 4.29. The van der Waals surface area contributed by atoms with Crippen LogP contribution in [0.4, 0.5) is 14.7 Å². The molecule has 2 aromatic carbocycles. The van der Waals surface area contributed by atoms with Crippen molar-refractivity contribution in [3.8, 4) is 11.5 Å². The average Bonchev–Trinajstić information content (AvgIpc) is 3.16. The first-order chi connectivity index (χ1) is 13.1. The summed E-state index contributed by atoms with van der Waals surface area (Å²) >= 11 is 0. The lowest BCUT2D eigenvalue weighted by molar-refractivity contribution is -0.0498. The van der Waals surface area contributed by atoms with Crippen molar-refractivity contribution in [3.05, 3.63) is 66.0 Å². The number of benzene rings is 2. The molecule has 27 heavy (non-hydrogen) atoms. The Kier molecular flexibility index (Phi) is 4.62. The monoisotopic (exact) mass is 372 g/mol. The lowest BCUT2D eigenvalue weighted by Gasteiger charge is -2.32. The summed E-state index contributed by atoms with van der Waals surface area (Å²) in [5, 5.41) is 7.71. The Hall–Kier alpha value is -3.16. The SMILES string of the molecule is COc1cccc([C@H]2C[C@H](c3ccc(OC(F)F)cc3)n3ncnc3N2)c1. The van der Waals surface area contributed by atoms with Crippen molar-refractivity contribution >= 4 is 5.95 Å². The minimum Gasteiger partial charge on any atom is -0.497 e. The number of hydrogen-bond acceptors (Lipinski definition) is 5. The summed E-state index contributed by atoms with van der Waals surface area (Å²) in [7, 11) is 1.63. The van der Waals surface area contributed by atoms with E-state index >= 15 is 0 Å². The van der Waals surface area contributed by atoms with E-state index in [-0.39, 0.29) is 17.8 Å². The number of nitrogens with zero attached hydrogens (tertiary/aromatic N) is 3. The van der Waals surface area contributed by atoms with Crippen LogP contribution in [0.3, 0.4) is 0 Å². The quantitative estimate of drug-likeness (QED) is 0.733. The van der Waals surface area contributed by atoms with E-state index in [1.165, 1.54) is 6.33 Å². The van der Waals surface area contributed by atoms with Crippen molar-refractivity contribution in [2.24, 2.45) is 0 Å². The largest absolute Gasteiger partial charge is 0.497 e. The van der Waals surface area contributed by atoms with Crippen LogP contribution in [0.5, 0.6) is 11.5 Å². The normalized spacial score (nSPS) is 18.7. The maximum Gasteiger partial charge on any atom is 0.387 e. The van der Waals surface area contributed by atoms with Crippen LogP contribution < -0.4 is 14.8 Å². The Morgan fingerprint density at radius 1 is 1.11 bits per heavy atom. The van der Waals surface area contributed by atoms with Crippen LogP contribution in [-0.4, -0.2) is 28.5 Å². The van der Waals surface area contributed by atoms with Gasteiger partial charge in [0.1, 0.15) is 17.8 Å². The van der Waals surface area contributed by atoms with Gasteiger partial charge in [-0.1, -0.05) is 24.3 Å². The molecule has 140 valence electrons. The molecule has 0 radical (unpaired) electrons. The molecule has 2 atom stereocenters. The van der Waals surface area contributed by atoms with Crippen LogP contribution in [0.15, 0.2) is 54.9 Å². The molecular weight excluding hydrogens is 354 g/mol. The zero-order valence-corrected chi connectivity index (χ0v) is 14.5. The highest BCUT2D eigenvalue weighted by atomic mass is 19.3. The van der Waals surface area contributed by atoms with E-state index in [0.29, 0.717) is 5.95 Å². The number of anilines is 1. The summed E-state index contributed by atoms with van der Waals surface area (Å²) in [6.07, 6.45) is 2.22. The molecule has 1 aromatic heterocycles. The minimum absolute atomic E-state index is 0.0128. The Morgan fingerprint density at radius 3 is 2.67 bits per heavy atom. The van der Waals surface area contributed by atoms with Gasteiger partial charge >= 0.3 is 6.61 Å². The fraction of sp³-hybridized carbons (Fsp3) is 0.263. The van der Waals surface area contributed by atoms with E-state index in [1.807, 2.05) is 24.3 Å². The molecule has 6 nitrogen and oxygen atoms in total. The Balaban J connectivity index is 1.64. The van der Waals surface area contributed by atoms with Crippen LogP contribution in [0.25, 0.3) is 0 Å². The first-order valence-corrected chi connectivity index (χ1v) is 8.49. The number of rotatable bonds is 5. The van der Waals surface area contributed by atoms with Gasteiger partial charge in [-0.05, 0) is 41.8 Å². The lowest BCUT2D eigenvalue weighted by Crippen LogP contribution is -2.28. The van der Waals surface area contributed by atoms with Crippen LogP contribution in [0.2, 0.25) is 0 Å². The fourth-order valence-electron chi connectivity index (χ4n) is 3.35. The van der Waals surface area contributed by atoms with Crippen molar-refractivity contribution in [2.75, 3.05) is 12.4 Å². The fourth-order valence-corrected chi connectivity index (χ4v) is 3.35. The summed E-state index contributed by atoms with van der Waals surface area (Å²) in [6.45, 7) is -2.84. The van der Waals surface area contributed by atoms with Gasteiger partial charge in [0, 0.05) is 0 Å². The third-order valence-electron chi connectivity index (χ3n) is 4.62. The van der Waals surface area contributed by atoms with Gasteiger partial charge < -0.3 is 14.8 Å². The number of halogens is 2. The smallest absolute Gasteiger partial charge is 0.387 e. The molecule has 0 saturated heterocycles. The van der Waals surface area contributed by atoms with Crippen molar-refractivity contribution < 1.29 is 18.3 Å². The number of alkyl halides is 2. The average molecular weight is 372 g/mol. The minimum atomic E-state index is -2.84. The van der Waals surface area contributed by atoms with E-state index in [0.717, 1.165) is 23.3 Å². The second kappa shape index (κ2) is 7.22. The molecule has 8 heteroatoms. The predicted octanol–water partition coefficient (Wildman–Crippen LogP) is 4.03. The molecule has 0 spiro atoms. The topological polar surface area (TPSA) is 61.2 Å². The molecule has 1 aliphatic heterocycles. The number of aromatic nitrogens is 3. The molecule has 1 N–H and O–H groups in total. The molecule has 0 aliphatic carbocycles. The highest BCUT2D eigenvalue weighted by Crippen LogP contribution is 2.38. The van der Waals surface area contributed by atoms with Crippen molar-refractivity contribution in [2.45, 2.75) is 25.1 Å². The molecule has 0 bridgehead atoms. The van der Waals surface area contributed by atoms with Gasteiger partial charge in [-0.25, -0.2) is 4.68 Å². The van der Waals surface area contributed by atoms with E-state index in [2.05, 4.69) is 20.1 Å². The Morgan fingerprint density at radius 2 is 1.93 bits per heavy atom.